The maximum Gasteiger partial charge on any atom is 0.311 e. The zero-order valence-electron chi connectivity index (χ0n) is 12.8. The number of para-hydroxylation sites is 1. The van der Waals surface area contributed by atoms with Crippen LogP contribution in [0.4, 0.5) is 0 Å². The van der Waals surface area contributed by atoms with Crippen LogP contribution in [0.2, 0.25) is 0 Å². The zero-order chi connectivity index (χ0) is 15.4. The van der Waals surface area contributed by atoms with Gasteiger partial charge >= 0.3 is 5.97 Å². The third-order valence-electron chi connectivity index (χ3n) is 5.18. The van der Waals surface area contributed by atoms with Gasteiger partial charge in [-0.1, -0.05) is 25.1 Å². The normalized spacial score (nSPS) is 30.3. The molecule has 2 bridgehead atoms. The lowest BCUT2D eigenvalue weighted by Gasteiger charge is -2.23. The van der Waals surface area contributed by atoms with Gasteiger partial charge in [-0.25, -0.2) is 0 Å². The Hall–Kier alpha value is -1.85. The van der Waals surface area contributed by atoms with E-state index in [-0.39, 0.29) is 6.04 Å². The van der Waals surface area contributed by atoms with Crippen molar-refractivity contribution in [3.63, 3.8) is 0 Å². The van der Waals surface area contributed by atoms with Crippen molar-refractivity contribution in [3.05, 3.63) is 35.5 Å². The summed E-state index contributed by atoms with van der Waals surface area (Å²) < 4.78 is 2.12. The molecule has 22 heavy (non-hydrogen) atoms. The van der Waals surface area contributed by atoms with Gasteiger partial charge < -0.3 is 9.67 Å². The molecule has 1 aromatic heterocycles. The molecule has 5 nitrogen and oxygen atoms in total. The van der Waals surface area contributed by atoms with Gasteiger partial charge in [0.05, 0.1) is 11.7 Å². The Labute approximate surface area is 129 Å². The molecule has 1 aromatic carbocycles. The van der Waals surface area contributed by atoms with E-state index in [0.717, 1.165) is 30.6 Å². The highest BCUT2D eigenvalue weighted by atomic mass is 16.7. The van der Waals surface area contributed by atoms with E-state index in [1.165, 1.54) is 10.9 Å². The smallest absolute Gasteiger partial charge is 0.311 e. The van der Waals surface area contributed by atoms with E-state index in [9.17, 15) is 9.90 Å². The van der Waals surface area contributed by atoms with Crippen molar-refractivity contribution in [3.8, 4) is 0 Å². The Morgan fingerprint density at radius 2 is 2.18 bits per heavy atom. The van der Waals surface area contributed by atoms with Crippen molar-refractivity contribution < 1.29 is 14.7 Å². The molecular formula is C17H20N2O3. The Kier molecular flexibility index (Phi) is 3.03. The fourth-order valence-corrected chi connectivity index (χ4v) is 4.20. The standard InChI is InChI=1S/C17H20N2O3/c1-3-12-14(17(20)21)16-15-11(8-9-19(12)22-16)10-6-4-5-7-13(10)18(15)2/h4-7,12,14,16H,3,8-9H2,1-2H3,(H,20,21)/t12-,14+,16+/m1/s1. The van der Waals surface area contributed by atoms with E-state index in [1.807, 2.05) is 31.2 Å². The molecule has 2 aromatic rings. The molecular weight excluding hydrogens is 280 g/mol. The molecule has 5 heteroatoms. The molecule has 4 atom stereocenters. The van der Waals surface area contributed by atoms with E-state index in [0.29, 0.717) is 0 Å². The Morgan fingerprint density at radius 1 is 1.41 bits per heavy atom. The van der Waals surface area contributed by atoms with E-state index in [4.69, 9.17) is 4.84 Å². The Morgan fingerprint density at radius 3 is 2.91 bits per heavy atom. The molecule has 0 spiro atoms. The van der Waals surface area contributed by atoms with E-state index in [2.05, 4.69) is 16.7 Å². The maximum atomic E-state index is 11.8. The van der Waals surface area contributed by atoms with Crippen molar-refractivity contribution in [1.82, 2.24) is 9.63 Å². The summed E-state index contributed by atoms with van der Waals surface area (Å²) in [4.78, 5) is 17.9. The first kappa shape index (κ1) is 13.8. The van der Waals surface area contributed by atoms with Crippen LogP contribution in [0.15, 0.2) is 24.3 Å². The van der Waals surface area contributed by atoms with Crippen LogP contribution < -0.4 is 0 Å². The highest BCUT2D eigenvalue weighted by Gasteiger charge is 2.50. The molecule has 3 heterocycles. The van der Waals surface area contributed by atoms with Crippen LogP contribution in [0.25, 0.3) is 10.9 Å². The van der Waals surface area contributed by atoms with Gasteiger partial charge in [-0.05, 0) is 24.5 Å². The van der Waals surface area contributed by atoms with Gasteiger partial charge in [0.1, 0.15) is 12.0 Å². The number of nitrogens with zero attached hydrogens (tertiary/aromatic N) is 2. The minimum atomic E-state index is -0.766. The number of aryl methyl sites for hydroxylation is 1. The van der Waals surface area contributed by atoms with Gasteiger partial charge in [0, 0.05) is 24.5 Å². The van der Waals surface area contributed by atoms with Crippen LogP contribution in [0.3, 0.4) is 0 Å². The lowest BCUT2D eigenvalue weighted by Crippen LogP contribution is -2.37. The summed E-state index contributed by atoms with van der Waals surface area (Å²) in [5.74, 6) is -1.27. The average molecular weight is 300 g/mol. The van der Waals surface area contributed by atoms with Crippen LogP contribution in [0.1, 0.15) is 30.7 Å². The summed E-state index contributed by atoms with van der Waals surface area (Å²) >= 11 is 0. The van der Waals surface area contributed by atoms with E-state index in [1.54, 1.807) is 0 Å². The molecule has 1 fully saturated rings. The molecule has 116 valence electrons. The third kappa shape index (κ3) is 1.69. The molecule has 4 rings (SSSR count). The second kappa shape index (κ2) is 4.83. The SMILES string of the molecule is CC[C@@H]1[C@H](C(=O)O)[C@@H]2ON1CCc1c2n(C)c2ccccc12. The van der Waals surface area contributed by atoms with Crippen molar-refractivity contribution in [1.29, 1.82) is 0 Å². The molecule has 0 amide bonds. The van der Waals surface area contributed by atoms with Crippen molar-refractivity contribution in [2.45, 2.75) is 31.9 Å². The Bertz CT molecular complexity index is 752. The quantitative estimate of drug-likeness (QED) is 0.926. The average Bonchev–Trinajstić information content (AvgIpc) is 2.91. The number of hydrogen-bond donors (Lipinski definition) is 1. The first-order chi connectivity index (χ1) is 10.6. The summed E-state index contributed by atoms with van der Waals surface area (Å²) in [6.45, 7) is 2.78. The predicted octanol–water partition coefficient (Wildman–Crippen LogP) is 2.50. The predicted molar refractivity (Wildman–Crippen MR) is 82.4 cm³/mol. The number of hydrogen-bond acceptors (Lipinski definition) is 3. The number of hydroxylamine groups is 2. The lowest BCUT2D eigenvalue weighted by atomic mass is 9.87. The second-order valence-electron chi connectivity index (χ2n) is 6.20. The summed E-state index contributed by atoms with van der Waals surface area (Å²) in [7, 11) is 2.01. The van der Waals surface area contributed by atoms with Crippen molar-refractivity contribution in [2.24, 2.45) is 13.0 Å². The monoisotopic (exact) mass is 300 g/mol. The summed E-state index contributed by atoms with van der Waals surface area (Å²) in [5.41, 5.74) is 3.42. The minimum Gasteiger partial charge on any atom is -0.481 e. The number of fused-ring (bicyclic) bond motifs is 6. The van der Waals surface area contributed by atoms with E-state index >= 15 is 0 Å². The van der Waals surface area contributed by atoms with Gasteiger partial charge in [0.25, 0.3) is 0 Å². The highest BCUT2D eigenvalue weighted by molar-refractivity contribution is 5.86. The topological polar surface area (TPSA) is 54.7 Å². The van der Waals surface area contributed by atoms with Gasteiger partial charge in [-0.15, -0.1) is 0 Å². The second-order valence-corrected chi connectivity index (χ2v) is 6.20. The number of rotatable bonds is 2. The summed E-state index contributed by atoms with van der Waals surface area (Å²) in [6.07, 6.45) is 1.29. The fourth-order valence-electron chi connectivity index (χ4n) is 4.20. The number of carboxylic acids is 1. The highest BCUT2D eigenvalue weighted by Crippen LogP contribution is 2.45. The van der Waals surface area contributed by atoms with Crippen LogP contribution in [-0.2, 0) is 23.1 Å². The molecule has 0 radical (unpaired) electrons. The molecule has 1 N–H and O–H groups in total. The fraction of sp³-hybridized carbons (Fsp3) is 0.471. The van der Waals surface area contributed by atoms with Gasteiger partial charge in [-0.2, -0.15) is 5.06 Å². The number of aliphatic carboxylic acids is 1. The van der Waals surface area contributed by atoms with Gasteiger partial charge in [-0.3, -0.25) is 9.63 Å². The number of aromatic nitrogens is 1. The largest absolute Gasteiger partial charge is 0.481 e. The molecule has 0 saturated carbocycles. The van der Waals surface area contributed by atoms with Crippen LogP contribution in [0.5, 0.6) is 0 Å². The molecule has 2 aliphatic heterocycles. The Balaban J connectivity index is 1.94. The lowest BCUT2D eigenvalue weighted by molar-refractivity contribution is -0.162. The maximum absolute atomic E-state index is 11.8. The summed E-state index contributed by atoms with van der Waals surface area (Å²) in [5, 5.41) is 12.8. The molecule has 0 aliphatic carbocycles. The first-order valence-electron chi connectivity index (χ1n) is 7.86. The number of carbonyl (C=O) groups is 1. The molecule has 1 saturated heterocycles. The van der Waals surface area contributed by atoms with Gasteiger partial charge in [0.15, 0.2) is 0 Å². The van der Waals surface area contributed by atoms with Crippen molar-refractivity contribution in [2.75, 3.05) is 6.54 Å². The molecule has 1 unspecified atom stereocenters. The minimum absolute atomic E-state index is 0.0475. The number of benzene rings is 1. The first-order valence-corrected chi connectivity index (χ1v) is 7.86. The summed E-state index contributed by atoms with van der Waals surface area (Å²) in [6, 6.07) is 8.22. The zero-order valence-corrected chi connectivity index (χ0v) is 12.8. The molecule has 2 aliphatic rings. The van der Waals surface area contributed by atoms with Gasteiger partial charge in [0.2, 0.25) is 0 Å². The number of carboxylic acid groups (broad SMARTS) is 1. The third-order valence-corrected chi connectivity index (χ3v) is 5.18. The van der Waals surface area contributed by atoms with Crippen LogP contribution in [-0.4, -0.2) is 33.3 Å². The van der Waals surface area contributed by atoms with E-state index < -0.39 is 18.0 Å². The van der Waals surface area contributed by atoms with Crippen molar-refractivity contribution >= 4 is 16.9 Å². The van der Waals surface area contributed by atoms with Crippen LogP contribution in [0, 0.1) is 5.92 Å². The van der Waals surface area contributed by atoms with Crippen LogP contribution >= 0.6 is 0 Å².